The fourth-order valence-electron chi connectivity index (χ4n) is 5.58. The molecule has 0 spiro atoms. The molecule has 0 unspecified atom stereocenters. The number of hydrogen-bond donors (Lipinski definition) is 1. The standard InChI is InChI=1S/C23H35N3O3S/c1-30(28,29)26-16-8-9-19-17-20(10-11-21(19)26)22(27)24-18-23(12-4-2-5-13-23)25-14-6-3-7-15-25/h10-11,17H,2-9,12-16,18H2,1H3,(H,24,27). The van der Waals surface area contributed by atoms with E-state index in [1.165, 1.54) is 61.9 Å². The molecule has 1 aromatic carbocycles. The van der Waals surface area contributed by atoms with Gasteiger partial charge in [-0.3, -0.25) is 14.0 Å². The highest BCUT2D eigenvalue weighted by Crippen LogP contribution is 2.35. The monoisotopic (exact) mass is 433 g/mol. The summed E-state index contributed by atoms with van der Waals surface area (Å²) in [6, 6.07) is 5.45. The van der Waals surface area contributed by atoms with Crippen molar-refractivity contribution in [3.8, 4) is 0 Å². The Labute approximate surface area is 181 Å². The van der Waals surface area contributed by atoms with Crippen molar-refractivity contribution in [3.63, 3.8) is 0 Å². The summed E-state index contributed by atoms with van der Waals surface area (Å²) in [5, 5.41) is 3.24. The van der Waals surface area contributed by atoms with Crippen molar-refractivity contribution >= 4 is 21.6 Å². The molecule has 166 valence electrons. The fourth-order valence-corrected chi connectivity index (χ4v) is 6.57. The van der Waals surface area contributed by atoms with Crippen LogP contribution in [0.5, 0.6) is 0 Å². The first kappa shape index (κ1) is 21.6. The highest BCUT2D eigenvalue weighted by Gasteiger charge is 2.38. The predicted octanol–water partition coefficient (Wildman–Crippen LogP) is 3.32. The number of piperidine rings is 1. The zero-order chi connectivity index (χ0) is 21.2. The Morgan fingerprint density at radius 3 is 2.40 bits per heavy atom. The van der Waals surface area contributed by atoms with Gasteiger partial charge in [0.05, 0.1) is 11.9 Å². The molecule has 2 aliphatic heterocycles. The van der Waals surface area contributed by atoms with Gasteiger partial charge in [0, 0.05) is 24.2 Å². The van der Waals surface area contributed by atoms with Crippen molar-refractivity contribution in [2.75, 3.05) is 36.7 Å². The summed E-state index contributed by atoms with van der Waals surface area (Å²) in [5.41, 5.74) is 2.41. The third kappa shape index (κ3) is 4.52. The number of amides is 1. The average Bonchev–Trinajstić information content (AvgIpc) is 2.77. The van der Waals surface area contributed by atoms with Gasteiger partial charge >= 0.3 is 0 Å². The maximum absolute atomic E-state index is 13.0. The van der Waals surface area contributed by atoms with Crippen LogP contribution in [0.1, 0.15) is 73.7 Å². The van der Waals surface area contributed by atoms with Crippen LogP contribution in [0.4, 0.5) is 5.69 Å². The van der Waals surface area contributed by atoms with Gasteiger partial charge in [-0.05, 0) is 75.4 Å². The van der Waals surface area contributed by atoms with Crippen molar-refractivity contribution in [3.05, 3.63) is 29.3 Å². The van der Waals surface area contributed by atoms with Crippen LogP contribution in [0.15, 0.2) is 18.2 Å². The quantitative estimate of drug-likeness (QED) is 0.773. The van der Waals surface area contributed by atoms with Crippen LogP contribution in [0.2, 0.25) is 0 Å². The van der Waals surface area contributed by atoms with E-state index in [4.69, 9.17) is 0 Å². The van der Waals surface area contributed by atoms with Crippen LogP contribution in [-0.2, 0) is 16.4 Å². The lowest BCUT2D eigenvalue weighted by Gasteiger charge is -2.48. The van der Waals surface area contributed by atoms with Gasteiger partial charge in [-0.2, -0.15) is 0 Å². The van der Waals surface area contributed by atoms with E-state index in [1.54, 1.807) is 12.1 Å². The fraction of sp³-hybridized carbons (Fsp3) is 0.696. The number of sulfonamides is 1. The molecular formula is C23H35N3O3S. The minimum atomic E-state index is -3.29. The minimum Gasteiger partial charge on any atom is -0.350 e. The molecule has 7 heteroatoms. The van der Waals surface area contributed by atoms with Gasteiger partial charge in [0.1, 0.15) is 0 Å². The summed E-state index contributed by atoms with van der Waals surface area (Å²) in [7, 11) is -3.29. The van der Waals surface area contributed by atoms with E-state index >= 15 is 0 Å². The highest BCUT2D eigenvalue weighted by atomic mass is 32.2. The summed E-state index contributed by atoms with van der Waals surface area (Å²) in [5.74, 6) is -0.0452. The van der Waals surface area contributed by atoms with E-state index in [0.717, 1.165) is 37.2 Å². The van der Waals surface area contributed by atoms with Gasteiger partial charge in [0.15, 0.2) is 0 Å². The molecule has 0 bridgehead atoms. The lowest BCUT2D eigenvalue weighted by molar-refractivity contribution is 0.0326. The first-order valence-electron chi connectivity index (χ1n) is 11.5. The number of aryl methyl sites for hydroxylation is 1. The Bertz CT molecular complexity index is 872. The zero-order valence-corrected chi connectivity index (χ0v) is 19.0. The molecule has 6 nitrogen and oxygen atoms in total. The molecule has 0 atom stereocenters. The Morgan fingerprint density at radius 2 is 1.70 bits per heavy atom. The Kier molecular flexibility index (Phi) is 6.39. The van der Waals surface area contributed by atoms with E-state index in [0.29, 0.717) is 18.7 Å². The van der Waals surface area contributed by atoms with E-state index in [-0.39, 0.29) is 11.4 Å². The molecule has 1 saturated carbocycles. The van der Waals surface area contributed by atoms with E-state index in [1.807, 2.05) is 6.07 Å². The van der Waals surface area contributed by atoms with E-state index in [2.05, 4.69) is 10.2 Å². The Morgan fingerprint density at radius 1 is 1.00 bits per heavy atom. The first-order chi connectivity index (χ1) is 14.4. The lowest BCUT2D eigenvalue weighted by atomic mass is 9.79. The molecule has 2 fully saturated rings. The molecule has 1 aromatic rings. The molecule has 30 heavy (non-hydrogen) atoms. The predicted molar refractivity (Wildman–Crippen MR) is 121 cm³/mol. The number of hydrogen-bond acceptors (Lipinski definition) is 4. The molecule has 3 aliphatic rings. The second-order valence-corrected chi connectivity index (χ2v) is 11.2. The topological polar surface area (TPSA) is 69.7 Å². The molecule has 1 aliphatic carbocycles. The van der Waals surface area contributed by atoms with Crippen LogP contribution < -0.4 is 9.62 Å². The highest BCUT2D eigenvalue weighted by molar-refractivity contribution is 7.92. The molecule has 2 heterocycles. The number of nitrogens with zero attached hydrogens (tertiary/aromatic N) is 2. The molecule has 0 radical (unpaired) electrons. The van der Waals surface area contributed by atoms with Crippen LogP contribution in [0.25, 0.3) is 0 Å². The molecule has 1 N–H and O–H groups in total. The molecule has 1 amide bonds. The number of anilines is 1. The van der Waals surface area contributed by atoms with Crippen LogP contribution in [0, 0.1) is 0 Å². The second-order valence-electron chi connectivity index (χ2n) is 9.30. The maximum Gasteiger partial charge on any atom is 0.251 e. The smallest absolute Gasteiger partial charge is 0.251 e. The zero-order valence-electron chi connectivity index (χ0n) is 18.2. The summed E-state index contributed by atoms with van der Waals surface area (Å²) in [6.07, 6.45) is 12.8. The van der Waals surface area contributed by atoms with Gasteiger partial charge < -0.3 is 5.32 Å². The van der Waals surface area contributed by atoms with E-state index in [9.17, 15) is 13.2 Å². The Balaban J connectivity index is 1.48. The number of fused-ring (bicyclic) bond motifs is 1. The third-order valence-electron chi connectivity index (χ3n) is 7.21. The summed E-state index contributed by atoms with van der Waals surface area (Å²) >= 11 is 0. The minimum absolute atomic E-state index is 0.0452. The molecule has 0 aromatic heterocycles. The average molecular weight is 434 g/mol. The van der Waals surface area contributed by atoms with Crippen molar-refractivity contribution in [1.29, 1.82) is 0 Å². The SMILES string of the molecule is CS(=O)(=O)N1CCCc2cc(C(=O)NCC3(N4CCCCC4)CCCCC3)ccc21. The van der Waals surface area contributed by atoms with Crippen molar-refractivity contribution in [1.82, 2.24) is 10.2 Å². The van der Waals surface area contributed by atoms with Crippen molar-refractivity contribution in [2.45, 2.75) is 69.7 Å². The third-order valence-corrected chi connectivity index (χ3v) is 8.39. The number of carbonyl (C=O) groups excluding carboxylic acids is 1. The van der Waals surface area contributed by atoms with Gasteiger partial charge in [0.25, 0.3) is 5.91 Å². The maximum atomic E-state index is 13.0. The van der Waals surface area contributed by atoms with Gasteiger partial charge in [-0.15, -0.1) is 0 Å². The molecule has 1 saturated heterocycles. The number of rotatable bonds is 5. The first-order valence-corrected chi connectivity index (χ1v) is 13.4. The number of carbonyl (C=O) groups is 1. The van der Waals surface area contributed by atoms with Crippen molar-refractivity contribution in [2.24, 2.45) is 0 Å². The van der Waals surface area contributed by atoms with Crippen molar-refractivity contribution < 1.29 is 13.2 Å². The van der Waals surface area contributed by atoms with Crippen LogP contribution in [-0.4, -0.2) is 57.2 Å². The lowest BCUT2D eigenvalue weighted by Crippen LogP contribution is -2.58. The van der Waals surface area contributed by atoms with Gasteiger partial charge in [0.2, 0.25) is 10.0 Å². The van der Waals surface area contributed by atoms with Crippen LogP contribution in [0.3, 0.4) is 0 Å². The summed E-state index contributed by atoms with van der Waals surface area (Å²) in [4.78, 5) is 15.7. The normalized spacial score (nSPS) is 22.4. The largest absolute Gasteiger partial charge is 0.350 e. The second kappa shape index (κ2) is 8.87. The number of likely N-dealkylation sites (tertiary alicyclic amines) is 1. The summed E-state index contributed by atoms with van der Waals surface area (Å²) < 4.78 is 25.6. The Hall–Kier alpha value is -1.60. The van der Waals surface area contributed by atoms with Crippen LogP contribution >= 0.6 is 0 Å². The molecule has 4 rings (SSSR count). The molecular weight excluding hydrogens is 398 g/mol. The van der Waals surface area contributed by atoms with Gasteiger partial charge in [-0.25, -0.2) is 8.42 Å². The van der Waals surface area contributed by atoms with Gasteiger partial charge in [-0.1, -0.05) is 25.7 Å². The number of benzene rings is 1. The van der Waals surface area contributed by atoms with E-state index < -0.39 is 10.0 Å². The number of nitrogens with one attached hydrogen (secondary N) is 1. The summed E-state index contributed by atoms with van der Waals surface area (Å²) in [6.45, 7) is 3.51.